The molecular weight excluding hydrogens is 340 g/mol. The Morgan fingerprint density at radius 3 is 2.56 bits per heavy atom. The number of esters is 1. The Hall–Kier alpha value is -2.56. The van der Waals surface area contributed by atoms with Crippen LogP contribution in [0, 0.1) is 5.92 Å². The smallest absolute Gasteiger partial charge is 0.315 e. The van der Waals surface area contributed by atoms with Crippen LogP contribution in [-0.4, -0.2) is 32.5 Å². The molecule has 144 valence electrons. The summed E-state index contributed by atoms with van der Waals surface area (Å²) in [5, 5.41) is 3.37. The summed E-state index contributed by atoms with van der Waals surface area (Å²) >= 11 is 0. The van der Waals surface area contributed by atoms with E-state index in [9.17, 15) is 9.59 Å². The second kappa shape index (κ2) is 7.99. The number of allylic oxidation sites excluding steroid dienone is 3. The lowest BCUT2D eigenvalue weighted by Gasteiger charge is -2.38. The normalized spacial score (nSPS) is 23.7. The second-order valence-corrected chi connectivity index (χ2v) is 7.23. The fourth-order valence-corrected chi connectivity index (χ4v) is 4.04. The average molecular weight is 368 g/mol. The topological polar surface area (TPSA) is 58.6 Å². The number of hydrogen-bond acceptors (Lipinski definition) is 5. The van der Waals surface area contributed by atoms with E-state index in [1.54, 1.807) is 6.92 Å². The minimum absolute atomic E-state index is 0.134. The predicted molar refractivity (Wildman–Crippen MR) is 106 cm³/mol. The van der Waals surface area contributed by atoms with Crippen molar-refractivity contribution in [3.8, 4) is 0 Å². The first-order chi connectivity index (χ1) is 13.0. The highest BCUT2D eigenvalue weighted by Gasteiger charge is 2.44. The van der Waals surface area contributed by atoms with Gasteiger partial charge in [0.25, 0.3) is 0 Å². The molecule has 0 aromatic heterocycles. The molecule has 2 unspecified atom stereocenters. The number of nitrogens with zero attached hydrogens (tertiary/aromatic N) is 1. The van der Waals surface area contributed by atoms with Gasteiger partial charge in [0.05, 0.1) is 6.61 Å². The lowest BCUT2D eigenvalue weighted by molar-refractivity contribution is -0.147. The van der Waals surface area contributed by atoms with Crippen molar-refractivity contribution in [2.24, 2.45) is 5.92 Å². The van der Waals surface area contributed by atoms with Crippen LogP contribution >= 0.6 is 0 Å². The zero-order valence-corrected chi connectivity index (χ0v) is 16.5. The molecule has 1 aliphatic carbocycles. The molecule has 0 fully saturated rings. The standard InChI is InChI=1S/C22H28N2O3/c1-5-16-21(22(26)27-6-2)19(14-10-12-15(13-11-14)24(3)4)20-17(23-16)8-7-9-18(20)25/h5,10-13,19,21,23H,6-9H2,1-4H3. The van der Waals surface area contributed by atoms with Gasteiger partial charge < -0.3 is 15.0 Å². The van der Waals surface area contributed by atoms with Crippen LogP contribution in [0.2, 0.25) is 0 Å². The summed E-state index contributed by atoms with van der Waals surface area (Å²) < 4.78 is 5.38. The van der Waals surface area contributed by atoms with Crippen molar-refractivity contribution in [3.05, 3.63) is 52.9 Å². The molecule has 1 N–H and O–H groups in total. The van der Waals surface area contributed by atoms with Crippen molar-refractivity contribution in [2.45, 2.75) is 39.0 Å². The highest BCUT2D eigenvalue weighted by molar-refractivity contribution is 6.00. The van der Waals surface area contributed by atoms with Crippen LogP contribution in [0.5, 0.6) is 0 Å². The Bertz CT molecular complexity index is 790. The van der Waals surface area contributed by atoms with Crippen LogP contribution in [0.25, 0.3) is 0 Å². The Labute approximate surface area is 161 Å². The maximum Gasteiger partial charge on any atom is 0.315 e. The molecular formula is C22H28N2O3. The number of ether oxygens (including phenoxy) is 1. The number of carbonyl (C=O) groups is 2. The van der Waals surface area contributed by atoms with Gasteiger partial charge in [-0.3, -0.25) is 9.59 Å². The van der Waals surface area contributed by atoms with Gasteiger partial charge in [0.1, 0.15) is 5.92 Å². The largest absolute Gasteiger partial charge is 0.465 e. The van der Waals surface area contributed by atoms with Crippen molar-refractivity contribution >= 4 is 17.4 Å². The van der Waals surface area contributed by atoms with E-state index in [1.807, 2.05) is 56.3 Å². The highest BCUT2D eigenvalue weighted by Crippen LogP contribution is 2.45. The van der Waals surface area contributed by atoms with Gasteiger partial charge in [-0.2, -0.15) is 0 Å². The fourth-order valence-electron chi connectivity index (χ4n) is 4.04. The first-order valence-corrected chi connectivity index (χ1v) is 9.61. The fraction of sp³-hybridized carbons (Fsp3) is 0.455. The van der Waals surface area contributed by atoms with E-state index in [0.717, 1.165) is 41.1 Å². The lowest BCUT2D eigenvalue weighted by Crippen LogP contribution is -2.41. The number of carbonyl (C=O) groups excluding carboxylic acids is 2. The molecule has 2 atom stereocenters. The minimum atomic E-state index is -0.527. The molecule has 27 heavy (non-hydrogen) atoms. The number of Topliss-reactive ketones (excluding diaryl/α,β-unsaturated/α-hetero) is 1. The molecule has 2 aliphatic rings. The molecule has 0 radical (unpaired) electrons. The molecule has 0 saturated heterocycles. The van der Waals surface area contributed by atoms with Gasteiger partial charge in [0, 0.05) is 49.1 Å². The number of hydrogen-bond donors (Lipinski definition) is 1. The average Bonchev–Trinajstić information content (AvgIpc) is 2.67. The number of rotatable bonds is 4. The predicted octanol–water partition coefficient (Wildman–Crippen LogP) is 3.53. The Morgan fingerprint density at radius 1 is 1.26 bits per heavy atom. The van der Waals surface area contributed by atoms with Gasteiger partial charge in [-0.15, -0.1) is 0 Å². The molecule has 0 saturated carbocycles. The quantitative estimate of drug-likeness (QED) is 0.824. The van der Waals surface area contributed by atoms with E-state index in [0.29, 0.717) is 13.0 Å². The Kier molecular flexibility index (Phi) is 5.68. The molecule has 5 heteroatoms. The molecule has 1 aliphatic heterocycles. The summed E-state index contributed by atoms with van der Waals surface area (Å²) in [4.78, 5) is 27.7. The van der Waals surface area contributed by atoms with Crippen LogP contribution in [0.15, 0.2) is 47.3 Å². The maximum absolute atomic E-state index is 12.9. The van der Waals surface area contributed by atoms with Crippen LogP contribution in [0.4, 0.5) is 5.69 Å². The van der Waals surface area contributed by atoms with Gasteiger partial charge in [0.15, 0.2) is 5.78 Å². The molecule has 3 rings (SSSR count). The van der Waals surface area contributed by atoms with Crippen LogP contribution in [0.1, 0.15) is 44.6 Å². The van der Waals surface area contributed by atoms with Crippen LogP contribution < -0.4 is 10.2 Å². The summed E-state index contributed by atoms with van der Waals surface area (Å²) in [6.07, 6.45) is 4.14. The van der Waals surface area contributed by atoms with Gasteiger partial charge in [-0.25, -0.2) is 0 Å². The number of anilines is 1. The van der Waals surface area contributed by atoms with Gasteiger partial charge in [-0.1, -0.05) is 18.2 Å². The summed E-state index contributed by atoms with van der Waals surface area (Å²) in [7, 11) is 3.98. The monoisotopic (exact) mass is 368 g/mol. The number of benzene rings is 1. The van der Waals surface area contributed by atoms with Crippen molar-refractivity contribution in [3.63, 3.8) is 0 Å². The van der Waals surface area contributed by atoms with E-state index in [4.69, 9.17) is 4.74 Å². The first-order valence-electron chi connectivity index (χ1n) is 9.61. The minimum Gasteiger partial charge on any atom is -0.465 e. The zero-order chi connectivity index (χ0) is 19.6. The van der Waals surface area contributed by atoms with Crippen molar-refractivity contribution < 1.29 is 14.3 Å². The number of ketones is 1. The van der Waals surface area contributed by atoms with E-state index in [1.165, 1.54) is 0 Å². The summed E-state index contributed by atoms with van der Waals surface area (Å²) in [6.45, 7) is 4.04. The number of nitrogens with one attached hydrogen (secondary N) is 1. The van der Waals surface area contributed by atoms with Crippen LogP contribution in [-0.2, 0) is 14.3 Å². The summed E-state index contributed by atoms with van der Waals surface area (Å²) in [5.41, 5.74) is 4.59. The molecule has 0 spiro atoms. The van der Waals surface area contributed by atoms with Crippen LogP contribution in [0.3, 0.4) is 0 Å². The third-order valence-corrected chi connectivity index (χ3v) is 5.35. The summed E-state index contributed by atoms with van der Waals surface area (Å²) in [5.74, 6) is -0.990. The third-order valence-electron chi connectivity index (χ3n) is 5.35. The van der Waals surface area contributed by atoms with E-state index < -0.39 is 5.92 Å². The lowest BCUT2D eigenvalue weighted by atomic mass is 9.71. The molecule has 0 bridgehead atoms. The van der Waals surface area contributed by atoms with Gasteiger partial charge in [0.2, 0.25) is 0 Å². The summed E-state index contributed by atoms with van der Waals surface area (Å²) in [6, 6.07) is 8.11. The van der Waals surface area contributed by atoms with E-state index in [-0.39, 0.29) is 17.7 Å². The van der Waals surface area contributed by atoms with E-state index in [2.05, 4.69) is 5.32 Å². The first kappa shape index (κ1) is 19.2. The Morgan fingerprint density at radius 2 is 1.96 bits per heavy atom. The SMILES string of the molecule is CC=C1NC2=C(C(=O)CCC2)C(c2ccc(N(C)C)cc2)C1C(=O)OCC. The van der Waals surface area contributed by atoms with Crippen molar-refractivity contribution in [1.29, 1.82) is 0 Å². The maximum atomic E-state index is 12.9. The highest BCUT2D eigenvalue weighted by atomic mass is 16.5. The molecule has 1 aromatic carbocycles. The van der Waals surface area contributed by atoms with Gasteiger partial charge >= 0.3 is 5.97 Å². The third kappa shape index (κ3) is 3.64. The molecule has 0 amide bonds. The molecule has 1 aromatic rings. The van der Waals surface area contributed by atoms with Crippen molar-refractivity contribution in [1.82, 2.24) is 5.32 Å². The van der Waals surface area contributed by atoms with E-state index >= 15 is 0 Å². The second-order valence-electron chi connectivity index (χ2n) is 7.23. The van der Waals surface area contributed by atoms with Gasteiger partial charge in [-0.05, 0) is 44.4 Å². The van der Waals surface area contributed by atoms with Crippen molar-refractivity contribution in [2.75, 3.05) is 25.6 Å². The molecule has 5 nitrogen and oxygen atoms in total. The molecule has 1 heterocycles. The Balaban J connectivity index is 2.14. The zero-order valence-electron chi connectivity index (χ0n) is 16.5.